The van der Waals surface area contributed by atoms with Gasteiger partial charge in [0.1, 0.15) is 5.75 Å². The van der Waals surface area contributed by atoms with Crippen molar-refractivity contribution in [3.05, 3.63) is 60.2 Å². The molecule has 1 saturated heterocycles. The number of carbonyl (C=O) groups excluding carboxylic acids is 1. The average molecular weight is 385 g/mol. The lowest BCUT2D eigenvalue weighted by Gasteiger charge is -2.26. The summed E-state index contributed by atoms with van der Waals surface area (Å²) in [6, 6.07) is 17.2. The summed E-state index contributed by atoms with van der Waals surface area (Å²) in [4.78, 5) is 14.3. The molecule has 27 heavy (non-hydrogen) atoms. The number of morpholine rings is 1. The number of nitrogens with zero attached hydrogens (tertiary/aromatic N) is 1. The lowest BCUT2D eigenvalue weighted by atomic mass is 10.2. The Labute approximate surface area is 164 Å². The molecule has 2 aromatic rings. The van der Waals surface area contributed by atoms with E-state index < -0.39 is 0 Å². The van der Waals surface area contributed by atoms with Crippen LogP contribution in [0.1, 0.15) is 5.56 Å². The molecule has 2 N–H and O–H groups in total. The highest BCUT2D eigenvalue weighted by Gasteiger charge is 2.11. The first kappa shape index (κ1) is 19.3. The van der Waals surface area contributed by atoms with Crippen LogP contribution in [-0.4, -0.2) is 48.8 Å². The van der Waals surface area contributed by atoms with Crippen LogP contribution in [0.5, 0.6) is 5.75 Å². The van der Waals surface area contributed by atoms with E-state index in [4.69, 9.17) is 21.7 Å². The summed E-state index contributed by atoms with van der Waals surface area (Å²) in [5.41, 5.74) is 2.06. The van der Waals surface area contributed by atoms with Gasteiger partial charge in [0.25, 0.3) is 5.91 Å². The van der Waals surface area contributed by atoms with E-state index in [0.29, 0.717) is 5.75 Å². The Morgan fingerprint density at radius 2 is 1.78 bits per heavy atom. The minimum atomic E-state index is -0.305. The second-order valence-electron chi connectivity index (χ2n) is 6.19. The summed E-state index contributed by atoms with van der Waals surface area (Å²) in [7, 11) is 0. The van der Waals surface area contributed by atoms with Crippen LogP contribution >= 0.6 is 12.2 Å². The summed E-state index contributed by atoms with van der Waals surface area (Å²) in [5, 5.41) is 5.87. The van der Waals surface area contributed by atoms with E-state index >= 15 is 0 Å². The molecule has 1 fully saturated rings. The number of benzene rings is 2. The first-order valence-electron chi connectivity index (χ1n) is 8.87. The van der Waals surface area contributed by atoms with Crippen molar-refractivity contribution in [1.82, 2.24) is 10.2 Å². The molecule has 6 nitrogen and oxygen atoms in total. The van der Waals surface area contributed by atoms with E-state index in [2.05, 4.69) is 27.7 Å². The molecule has 2 aromatic carbocycles. The molecule has 1 aliphatic rings. The Balaban J connectivity index is 1.41. The van der Waals surface area contributed by atoms with Crippen LogP contribution in [0.25, 0.3) is 0 Å². The van der Waals surface area contributed by atoms with Crippen molar-refractivity contribution in [2.24, 2.45) is 0 Å². The number of carbonyl (C=O) groups is 1. The molecule has 142 valence electrons. The highest BCUT2D eigenvalue weighted by atomic mass is 32.1. The van der Waals surface area contributed by atoms with E-state index in [1.165, 1.54) is 5.56 Å². The van der Waals surface area contributed by atoms with Gasteiger partial charge < -0.3 is 14.8 Å². The maximum Gasteiger partial charge on any atom is 0.264 e. The number of para-hydroxylation sites is 1. The van der Waals surface area contributed by atoms with Gasteiger partial charge >= 0.3 is 0 Å². The van der Waals surface area contributed by atoms with Crippen molar-refractivity contribution in [3.8, 4) is 5.75 Å². The molecule has 0 aliphatic carbocycles. The highest BCUT2D eigenvalue weighted by molar-refractivity contribution is 7.80. The van der Waals surface area contributed by atoms with Gasteiger partial charge in [0.15, 0.2) is 11.7 Å². The third-order valence-corrected chi connectivity index (χ3v) is 4.29. The van der Waals surface area contributed by atoms with E-state index in [9.17, 15) is 4.79 Å². The van der Waals surface area contributed by atoms with Gasteiger partial charge in [0.05, 0.1) is 13.2 Å². The van der Waals surface area contributed by atoms with Crippen molar-refractivity contribution >= 4 is 28.9 Å². The molecule has 0 unspecified atom stereocenters. The molecule has 0 saturated carbocycles. The molecule has 3 rings (SSSR count). The smallest absolute Gasteiger partial charge is 0.264 e. The minimum Gasteiger partial charge on any atom is -0.484 e. The number of amides is 1. The number of hydrogen-bond donors (Lipinski definition) is 2. The molecule has 0 bridgehead atoms. The van der Waals surface area contributed by atoms with Crippen molar-refractivity contribution < 1.29 is 14.3 Å². The number of anilines is 1. The molecule has 0 radical (unpaired) electrons. The molecule has 1 amide bonds. The zero-order chi connectivity index (χ0) is 18.9. The predicted molar refractivity (Wildman–Crippen MR) is 109 cm³/mol. The lowest BCUT2D eigenvalue weighted by Crippen LogP contribution is -2.37. The summed E-state index contributed by atoms with van der Waals surface area (Å²) in [6.45, 7) is 4.32. The fourth-order valence-electron chi connectivity index (χ4n) is 2.70. The van der Waals surface area contributed by atoms with Gasteiger partial charge in [-0.1, -0.05) is 30.3 Å². The van der Waals surface area contributed by atoms with E-state index in [0.717, 1.165) is 38.5 Å². The van der Waals surface area contributed by atoms with Gasteiger partial charge in [0.2, 0.25) is 0 Å². The van der Waals surface area contributed by atoms with Crippen LogP contribution in [0.15, 0.2) is 54.6 Å². The maximum absolute atomic E-state index is 11.9. The van der Waals surface area contributed by atoms with E-state index in [1.807, 2.05) is 30.3 Å². The molecular formula is C20H23N3O3S. The summed E-state index contributed by atoms with van der Waals surface area (Å²) in [6.07, 6.45) is 0. The summed E-state index contributed by atoms with van der Waals surface area (Å²) in [5.74, 6) is 0.336. The molecular weight excluding hydrogens is 362 g/mol. The van der Waals surface area contributed by atoms with Gasteiger partial charge in [-0.3, -0.25) is 15.0 Å². The predicted octanol–water partition coefficient (Wildman–Crippen LogP) is 2.41. The van der Waals surface area contributed by atoms with Crippen molar-refractivity contribution in [1.29, 1.82) is 0 Å². The number of ether oxygens (including phenoxy) is 2. The SMILES string of the molecule is O=C(COc1ccccc1)NC(=S)Nc1ccc(CN2CCOCC2)cc1. The Hall–Kier alpha value is -2.48. The zero-order valence-electron chi connectivity index (χ0n) is 15.0. The number of rotatable bonds is 6. The fraction of sp³-hybridized carbons (Fsp3) is 0.300. The molecule has 0 atom stereocenters. The molecule has 7 heteroatoms. The first-order chi connectivity index (χ1) is 13.2. The Morgan fingerprint density at radius 3 is 2.48 bits per heavy atom. The third-order valence-electron chi connectivity index (χ3n) is 4.09. The van der Waals surface area contributed by atoms with E-state index in [-0.39, 0.29) is 17.6 Å². The van der Waals surface area contributed by atoms with Crippen molar-refractivity contribution in [3.63, 3.8) is 0 Å². The molecule has 1 heterocycles. The Kier molecular flexibility index (Phi) is 7.15. The monoisotopic (exact) mass is 385 g/mol. The van der Waals surface area contributed by atoms with Crippen LogP contribution in [-0.2, 0) is 16.1 Å². The summed E-state index contributed by atoms with van der Waals surface area (Å²) < 4.78 is 10.8. The zero-order valence-corrected chi connectivity index (χ0v) is 15.8. The number of nitrogens with one attached hydrogen (secondary N) is 2. The topological polar surface area (TPSA) is 62.8 Å². The van der Waals surface area contributed by atoms with Gasteiger partial charge in [-0.15, -0.1) is 0 Å². The normalized spacial score (nSPS) is 14.4. The van der Waals surface area contributed by atoms with Gasteiger partial charge in [0, 0.05) is 25.3 Å². The maximum atomic E-state index is 11.9. The Morgan fingerprint density at radius 1 is 1.07 bits per heavy atom. The van der Waals surface area contributed by atoms with Crippen molar-refractivity contribution in [2.45, 2.75) is 6.54 Å². The first-order valence-corrected chi connectivity index (χ1v) is 9.27. The van der Waals surface area contributed by atoms with Crippen LogP contribution in [0.2, 0.25) is 0 Å². The largest absolute Gasteiger partial charge is 0.484 e. The lowest BCUT2D eigenvalue weighted by molar-refractivity contribution is -0.121. The van der Waals surface area contributed by atoms with E-state index in [1.54, 1.807) is 12.1 Å². The second kappa shape index (κ2) is 10.0. The van der Waals surface area contributed by atoms with Crippen molar-refractivity contribution in [2.75, 3.05) is 38.2 Å². The Bertz CT molecular complexity index is 747. The highest BCUT2D eigenvalue weighted by Crippen LogP contribution is 2.12. The van der Waals surface area contributed by atoms with Gasteiger partial charge in [-0.25, -0.2) is 0 Å². The second-order valence-corrected chi connectivity index (χ2v) is 6.60. The van der Waals surface area contributed by atoms with Gasteiger partial charge in [-0.2, -0.15) is 0 Å². The molecule has 1 aliphatic heterocycles. The minimum absolute atomic E-state index is 0.0929. The van der Waals surface area contributed by atoms with Gasteiger partial charge in [-0.05, 0) is 42.0 Å². The van der Waals surface area contributed by atoms with Crippen LogP contribution in [0, 0.1) is 0 Å². The number of hydrogen-bond acceptors (Lipinski definition) is 5. The standard InChI is InChI=1S/C20H23N3O3S/c24-19(15-26-18-4-2-1-3-5-18)22-20(27)21-17-8-6-16(7-9-17)14-23-10-12-25-13-11-23/h1-9H,10-15H2,(H2,21,22,24,27). The quantitative estimate of drug-likeness (QED) is 0.745. The fourth-order valence-corrected chi connectivity index (χ4v) is 2.93. The average Bonchev–Trinajstić information content (AvgIpc) is 2.69. The number of thiocarbonyl (C=S) groups is 1. The van der Waals surface area contributed by atoms with Crippen LogP contribution in [0.3, 0.4) is 0 Å². The molecule has 0 aromatic heterocycles. The van der Waals surface area contributed by atoms with Crippen LogP contribution in [0.4, 0.5) is 5.69 Å². The van der Waals surface area contributed by atoms with Crippen LogP contribution < -0.4 is 15.4 Å². The third kappa shape index (κ3) is 6.63. The summed E-state index contributed by atoms with van der Waals surface area (Å²) >= 11 is 5.19. The molecule has 0 spiro atoms.